The molecule has 4 heteroatoms. The number of likely N-dealkylation sites (N-methyl/N-ethyl adjacent to an activating group) is 1. The fraction of sp³-hybridized carbons (Fsp3) is 0.562. The molecule has 0 spiro atoms. The number of rotatable bonds is 8. The fourth-order valence-corrected chi connectivity index (χ4v) is 2.48. The van der Waals surface area contributed by atoms with Crippen molar-refractivity contribution in [2.75, 3.05) is 26.7 Å². The molecule has 2 rings (SSSR count). The maximum absolute atomic E-state index is 12.2. The monoisotopic (exact) mass is 276 g/mol. The molecule has 0 radical (unpaired) electrons. The number of carbonyl (C=O) groups excluding carboxylic acids is 1. The second-order valence-corrected chi connectivity index (χ2v) is 5.18. The summed E-state index contributed by atoms with van der Waals surface area (Å²) in [5.41, 5.74) is 0.891. The Bertz CT molecular complexity index is 418. The van der Waals surface area contributed by atoms with E-state index >= 15 is 0 Å². The van der Waals surface area contributed by atoms with Gasteiger partial charge in [-0.1, -0.05) is 37.3 Å². The van der Waals surface area contributed by atoms with Crippen LogP contribution >= 0.6 is 0 Å². The molecule has 1 aromatic carbocycles. The molecule has 1 aliphatic carbocycles. The van der Waals surface area contributed by atoms with Gasteiger partial charge in [-0.05, 0) is 24.9 Å². The standard InChI is InChI=1S/C16H24N2O2/c1-3-18(14-9-10-14)12-11-17-16(19)15(20-2)13-7-5-4-6-8-13/h4-8,14-15H,3,9-12H2,1-2H3,(H,17,19). The Hall–Kier alpha value is -1.39. The van der Waals surface area contributed by atoms with Crippen LogP contribution in [0, 0.1) is 0 Å². The molecule has 0 saturated heterocycles. The number of ether oxygens (including phenoxy) is 1. The molecule has 1 amide bonds. The van der Waals surface area contributed by atoms with Crippen molar-refractivity contribution in [2.24, 2.45) is 0 Å². The molecule has 1 unspecified atom stereocenters. The lowest BCUT2D eigenvalue weighted by atomic mass is 10.1. The lowest BCUT2D eigenvalue weighted by Crippen LogP contribution is -2.38. The van der Waals surface area contributed by atoms with E-state index in [1.165, 1.54) is 12.8 Å². The summed E-state index contributed by atoms with van der Waals surface area (Å²) >= 11 is 0. The molecule has 20 heavy (non-hydrogen) atoms. The first-order valence-corrected chi connectivity index (χ1v) is 7.35. The minimum Gasteiger partial charge on any atom is -0.367 e. The summed E-state index contributed by atoms with van der Waals surface area (Å²) in [5.74, 6) is -0.0643. The zero-order valence-electron chi connectivity index (χ0n) is 12.3. The highest BCUT2D eigenvalue weighted by Gasteiger charge is 2.27. The summed E-state index contributed by atoms with van der Waals surface area (Å²) in [6.07, 6.45) is 2.08. The third kappa shape index (κ3) is 4.05. The van der Waals surface area contributed by atoms with Crippen LogP contribution in [-0.2, 0) is 9.53 Å². The Balaban J connectivity index is 1.80. The summed E-state index contributed by atoms with van der Waals surface area (Å²) in [4.78, 5) is 14.6. The van der Waals surface area contributed by atoms with E-state index < -0.39 is 6.10 Å². The van der Waals surface area contributed by atoms with Crippen molar-refractivity contribution in [2.45, 2.75) is 31.9 Å². The minimum absolute atomic E-state index is 0.0643. The topological polar surface area (TPSA) is 41.6 Å². The fourth-order valence-electron chi connectivity index (χ4n) is 2.48. The van der Waals surface area contributed by atoms with E-state index in [1.54, 1.807) is 7.11 Å². The normalized spacial score (nSPS) is 16.1. The van der Waals surface area contributed by atoms with Gasteiger partial charge in [-0.2, -0.15) is 0 Å². The Morgan fingerprint density at radius 3 is 2.65 bits per heavy atom. The van der Waals surface area contributed by atoms with E-state index in [9.17, 15) is 4.79 Å². The first kappa shape index (κ1) is 15.0. The van der Waals surface area contributed by atoms with Crippen molar-refractivity contribution >= 4 is 5.91 Å². The van der Waals surface area contributed by atoms with Gasteiger partial charge in [-0.25, -0.2) is 0 Å². The van der Waals surface area contributed by atoms with E-state index in [-0.39, 0.29) is 5.91 Å². The van der Waals surface area contributed by atoms with Gasteiger partial charge < -0.3 is 10.1 Å². The Labute approximate surface area is 121 Å². The van der Waals surface area contributed by atoms with Crippen LogP contribution in [0.1, 0.15) is 31.4 Å². The van der Waals surface area contributed by atoms with Crippen molar-refractivity contribution in [3.05, 3.63) is 35.9 Å². The highest BCUT2D eigenvalue weighted by molar-refractivity contribution is 5.82. The van der Waals surface area contributed by atoms with Crippen molar-refractivity contribution in [3.63, 3.8) is 0 Å². The van der Waals surface area contributed by atoms with Crippen LogP contribution in [0.5, 0.6) is 0 Å². The van der Waals surface area contributed by atoms with Gasteiger partial charge in [0.25, 0.3) is 5.91 Å². The highest BCUT2D eigenvalue weighted by Crippen LogP contribution is 2.25. The van der Waals surface area contributed by atoms with Crippen LogP contribution < -0.4 is 5.32 Å². The summed E-state index contributed by atoms with van der Waals surface area (Å²) < 4.78 is 5.32. The maximum atomic E-state index is 12.2. The van der Waals surface area contributed by atoms with Crippen molar-refractivity contribution < 1.29 is 9.53 Å². The smallest absolute Gasteiger partial charge is 0.253 e. The maximum Gasteiger partial charge on any atom is 0.253 e. The highest BCUT2D eigenvalue weighted by atomic mass is 16.5. The van der Waals surface area contributed by atoms with E-state index in [0.717, 1.165) is 24.7 Å². The van der Waals surface area contributed by atoms with E-state index in [4.69, 9.17) is 4.74 Å². The SMILES string of the molecule is CCN(CCNC(=O)C(OC)c1ccccc1)C1CC1. The molecule has 1 aliphatic rings. The molecule has 4 nitrogen and oxygen atoms in total. The second-order valence-electron chi connectivity index (χ2n) is 5.18. The Kier molecular flexibility index (Phi) is 5.56. The summed E-state index contributed by atoms with van der Waals surface area (Å²) in [6.45, 7) is 4.81. The van der Waals surface area contributed by atoms with E-state index in [2.05, 4.69) is 17.1 Å². The first-order valence-electron chi connectivity index (χ1n) is 7.35. The number of amides is 1. The van der Waals surface area contributed by atoms with Crippen molar-refractivity contribution in [3.8, 4) is 0 Å². The number of methoxy groups -OCH3 is 1. The molecule has 0 heterocycles. The quantitative estimate of drug-likeness (QED) is 0.789. The number of hydrogen-bond donors (Lipinski definition) is 1. The van der Waals surface area contributed by atoms with Gasteiger partial charge in [0.2, 0.25) is 0 Å². The molecule has 0 aromatic heterocycles. The molecule has 1 aromatic rings. The van der Waals surface area contributed by atoms with Crippen molar-refractivity contribution in [1.82, 2.24) is 10.2 Å². The third-order valence-electron chi connectivity index (χ3n) is 3.74. The average molecular weight is 276 g/mol. The molecular weight excluding hydrogens is 252 g/mol. The van der Waals surface area contributed by atoms with Crippen LogP contribution in [-0.4, -0.2) is 43.6 Å². The largest absolute Gasteiger partial charge is 0.367 e. The van der Waals surface area contributed by atoms with Crippen molar-refractivity contribution in [1.29, 1.82) is 0 Å². The molecule has 1 saturated carbocycles. The predicted octanol–water partition coefficient (Wildman–Crippen LogP) is 1.97. The number of hydrogen-bond acceptors (Lipinski definition) is 3. The number of benzene rings is 1. The molecule has 0 aliphatic heterocycles. The minimum atomic E-state index is -0.521. The lowest BCUT2D eigenvalue weighted by molar-refractivity contribution is -0.131. The Morgan fingerprint density at radius 1 is 1.40 bits per heavy atom. The summed E-state index contributed by atoms with van der Waals surface area (Å²) in [6, 6.07) is 10.3. The van der Waals surface area contributed by atoms with Gasteiger partial charge in [-0.15, -0.1) is 0 Å². The zero-order valence-corrected chi connectivity index (χ0v) is 12.3. The number of nitrogens with one attached hydrogen (secondary N) is 1. The second kappa shape index (κ2) is 7.41. The molecule has 1 atom stereocenters. The molecule has 1 N–H and O–H groups in total. The van der Waals surface area contributed by atoms with E-state index in [0.29, 0.717) is 6.54 Å². The van der Waals surface area contributed by atoms with Crippen LogP contribution in [0.25, 0.3) is 0 Å². The van der Waals surface area contributed by atoms with E-state index in [1.807, 2.05) is 30.3 Å². The predicted molar refractivity (Wildman–Crippen MR) is 79.5 cm³/mol. The molecule has 1 fully saturated rings. The van der Waals surface area contributed by atoms with Gasteiger partial charge in [0.15, 0.2) is 6.10 Å². The molecule has 110 valence electrons. The van der Waals surface area contributed by atoms with Crippen LogP contribution in [0.4, 0.5) is 0 Å². The van der Waals surface area contributed by atoms with Gasteiger partial charge in [0.1, 0.15) is 0 Å². The summed E-state index contributed by atoms with van der Waals surface area (Å²) in [7, 11) is 1.57. The number of carbonyl (C=O) groups is 1. The number of nitrogens with zero attached hydrogens (tertiary/aromatic N) is 1. The van der Waals surface area contributed by atoms with Gasteiger partial charge >= 0.3 is 0 Å². The van der Waals surface area contributed by atoms with Crippen LogP contribution in [0.15, 0.2) is 30.3 Å². The molecule has 0 bridgehead atoms. The van der Waals surface area contributed by atoms with Crippen LogP contribution in [0.2, 0.25) is 0 Å². The van der Waals surface area contributed by atoms with Gasteiger partial charge in [0.05, 0.1) is 0 Å². The van der Waals surface area contributed by atoms with Gasteiger partial charge in [0, 0.05) is 26.2 Å². The first-order chi connectivity index (χ1) is 9.76. The summed E-state index contributed by atoms with van der Waals surface area (Å²) in [5, 5.41) is 2.97. The molecular formula is C16H24N2O2. The lowest BCUT2D eigenvalue weighted by Gasteiger charge is -2.21. The van der Waals surface area contributed by atoms with Gasteiger partial charge in [-0.3, -0.25) is 9.69 Å². The average Bonchev–Trinajstić information content (AvgIpc) is 3.30. The zero-order chi connectivity index (χ0) is 14.4. The Morgan fingerprint density at radius 2 is 2.10 bits per heavy atom. The van der Waals surface area contributed by atoms with Crippen LogP contribution in [0.3, 0.4) is 0 Å². The third-order valence-corrected chi connectivity index (χ3v) is 3.74.